The third kappa shape index (κ3) is 4.83. The Morgan fingerprint density at radius 2 is 0.897 bits per heavy atom. The average molecular weight is 523 g/mol. The fourth-order valence-electron chi connectivity index (χ4n) is 5.89. The molecule has 6 nitrogen and oxygen atoms in total. The molecule has 4 N–H and O–H groups in total. The third-order valence-electron chi connectivity index (χ3n) is 7.61. The molecule has 0 aromatic heterocycles. The maximum absolute atomic E-state index is 6.71. The van der Waals surface area contributed by atoms with Gasteiger partial charge in [0.25, 0.3) is 5.79 Å². The zero-order valence-corrected chi connectivity index (χ0v) is 22.8. The molecule has 0 radical (unpaired) electrons. The van der Waals surface area contributed by atoms with Crippen LogP contribution in [0.1, 0.15) is 51.7 Å². The first-order valence-electron chi connectivity index (χ1n) is 13.2. The maximum Gasteiger partial charge on any atom is 0.252 e. The Morgan fingerprint density at radius 3 is 1.28 bits per heavy atom. The third-order valence-corrected chi connectivity index (χ3v) is 7.61. The van der Waals surface area contributed by atoms with Gasteiger partial charge in [0.05, 0.1) is 0 Å². The molecule has 4 aromatic carbocycles. The molecule has 6 heteroatoms. The lowest BCUT2D eigenvalue weighted by molar-refractivity contribution is -0.166. The summed E-state index contributed by atoms with van der Waals surface area (Å²) in [6.07, 6.45) is 1.40. The summed E-state index contributed by atoms with van der Waals surface area (Å²) in [6.45, 7) is 8.94. The van der Waals surface area contributed by atoms with Crippen LogP contribution in [0.5, 0.6) is 34.5 Å². The zero-order chi connectivity index (χ0) is 27.4. The van der Waals surface area contributed by atoms with Gasteiger partial charge < -0.3 is 30.4 Å². The molecule has 0 atom stereocenters. The van der Waals surface area contributed by atoms with Crippen LogP contribution in [-0.2, 0) is 10.8 Å². The molecule has 39 heavy (non-hydrogen) atoms. The normalized spacial score (nSPS) is 17.7. The molecule has 0 fully saturated rings. The van der Waals surface area contributed by atoms with E-state index < -0.39 is 5.79 Å². The van der Waals surface area contributed by atoms with Gasteiger partial charge in [0.1, 0.15) is 34.5 Å². The number of nitrogens with two attached hydrogens (primary N) is 2. The van der Waals surface area contributed by atoms with Gasteiger partial charge in [0, 0.05) is 46.2 Å². The van der Waals surface area contributed by atoms with E-state index in [1.807, 2.05) is 72.8 Å². The van der Waals surface area contributed by atoms with Gasteiger partial charge in [0.2, 0.25) is 0 Å². The summed E-state index contributed by atoms with van der Waals surface area (Å²) in [6, 6.07) is 26.8. The molecule has 4 aromatic rings. The Hall–Kier alpha value is -4.32. The van der Waals surface area contributed by atoms with Crippen LogP contribution in [-0.4, -0.2) is 5.79 Å². The first-order chi connectivity index (χ1) is 18.5. The van der Waals surface area contributed by atoms with Crippen LogP contribution < -0.4 is 30.4 Å². The predicted octanol–water partition coefficient (Wildman–Crippen LogP) is 7.95. The summed E-state index contributed by atoms with van der Waals surface area (Å²) >= 11 is 0. The highest BCUT2D eigenvalue weighted by Gasteiger charge is 2.53. The van der Waals surface area contributed by atoms with E-state index in [0.717, 1.165) is 45.6 Å². The molecular formula is C33H34N2O4. The van der Waals surface area contributed by atoms with E-state index in [0.29, 0.717) is 24.2 Å². The second-order valence-electron chi connectivity index (χ2n) is 11.9. The lowest BCUT2D eigenvalue weighted by atomic mass is 9.69. The van der Waals surface area contributed by atoms with Crippen LogP contribution in [0, 0.1) is 0 Å². The van der Waals surface area contributed by atoms with E-state index >= 15 is 0 Å². The van der Waals surface area contributed by atoms with E-state index in [1.165, 1.54) is 0 Å². The summed E-state index contributed by atoms with van der Waals surface area (Å²) < 4.78 is 25.6. The van der Waals surface area contributed by atoms with Gasteiger partial charge in [-0.15, -0.1) is 0 Å². The first-order valence-corrected chi connectivity index (χ1v) is 13.2. The zero-order valence-electron chi connectivity index (χ0n) is 22.8. The second kappa shape index (κ2) is 8.87. The van der Waals surface area contributed by atoms with E-state index in [-0.39, 0.29) is 10.8 Å². The largest absolute Gasteiger partial charge is 0.457 e. The minimum Gasteiger partial charge on any atom is -0.457 e. The molecule has 2 heterocycles. The highest BCUT2D eigenvalue weighted by molar-refractivity contribution is 5.52. The van der Waals surface area contributed by atoms with Crippen molar-refractivity contribution in [1.29, 1.82) is 0 Å². The molecule has 2 aliphatic heterocycles. The summed E-state index contributed by atoms with van der Waals surface area (Å²) in [4.78, 5) is 0. The van der Waals surface area contributed by atoms with E-state index in [2.05, 4.69) is 39.8 Å². The molecule has 6 rings (SSSR count). The van der Waals surface area contributed by atoms with Crippen molar-refractivity contribution in [3.63, 3.8) is 0 Å². The first kappa shape index (κ1) is 25.0. The summed E-state index contributed by atoms with van der Waals surface area (Å²) in [5.41, 5.74) is 14.8. The lowest BCUT2D eigenvalue weighted by Gasteiger charge is -2.51. The molecule has 0 amide bonds. The Balaban J connectivity index is 1.27. The van der Waals surface area contributed by atoms with Crippen molar-refractivity contribution in [2.24, 2.45) is 0 Å². The van der Waals surface area contributed by atoms with Gasteiger partial charge in [-0.1, -0.05) is 27.7 Å². The van der Waals surface area contributed by atoms with Gasteiger partial charge in [-0.3, -0.25) is 0 Å². The van der Waals surface area contributed by atoms with Crippen molar-refractivity contribution in [3.05, 3.63) is 96.1 Å². The summed E-state index contributed by atoms with van der Waals surface area (Å²) in [7, 11) is 0. The molecule has 0 saturated heterocycles. The molecule has 0 saturated carbocycles. The van der Waals surface area contributed by atoms with Crippen molar-refractivity contribution in [3.8, 4) is 34.5 Å². The van der Waals surface area contributed by atoms with E-state index in [1.54, 1.807) is 0 Å². The van der Waals surface area contributed by atoms with Crippen LogP contribution in [0.3, 0.4) is 0 Å². The molecule has 0 bridgehead atoms. The number of rotatable bonds is 4. The molecule has 200 valence electrons. The summed E-state index contributed by atoms with van der Waals surface area (Å²) in [5.74, 6) is 3.85. The van der Waals surface area contributed by atoms with Crippen LogP contribution in [0.25, 0.3) is 0 Å². The van der Waals surface area contributed by atoms with Crippen molar-refractivity contribution >= 4 is 11.4 Å². The van der Waals surface area contributed by atoms with Crippen molar-refractivity contribution in [2.75, 3.05) is 11.5 Å². The molecule has 2 aliphatic rings. The Kier molecular flexibility index (Phi) is 5.68. The fourth-order valence-corrected chi connectivity index (χ4v) is 5.89. The molecule has 0 unspecified atom stereocenters. The van der Waals surface area contributed by atoms with Gasteiger partial charge in [-0.25, -0.2) is 0 Å². The maximum atomic E-state index is 6.71. The number of anilines is 2. The Bertz CT molecular complexity index is 1410. The number of benzene rings is 4. The minimum absolute atomic E-state index is 0.208. The quantitative estimate of drug-likeness (QED) is 0.264. The van der Waals surface area contributed by atoms with Gasteiger partial charge in [-0.05, 0) is 84.9 Å². The van der Waals surface area contributed by atoms with Gasteiger partial charge in [-0.2, -0.15) is 0 Å². The standard InChI is InChI=1S/C33H34N2O4/c1-31(2)19-33(38-29-15-13-25(17-27(29)31)36-23-9-5-21(34)6-10-23)20-32(3,4)28-18-26(14-16-30(28)39-33)37-24-11-7-22(35)8-12-24/h5-18H,19-20,34-35H2,1-4H3. The van der Waals surface area contributed by atoms with Crippen molar-refractivity contribution < 1.29 is 18.9 Å². The highest BCUT2D eigenvalue weighted by Crippen LogP contribution is 2.54. The minimum atomic E-state index is -0.786. The van der Waals surface area contributed by atoms with Crippen molar-refractivity contribution in [1.82, 2.24) is 0 Å². The van der Waals surface area contributed by atoms with Crippen LogP contribution >= 0.6 is 0 Å². The predicted molar refractivity (Wildman–Crippen MR) is 154 cm³/mol. The van der Waals surface area contributed by atoms with Crippen LogP contribution in [0.4, 0.5) is 11.4 Å². The number of ether oxygens (including phenoxy) is 4. The SMILES string of the molecule is CC1(C)CC2(CC(C)(C)c3cc(Oc4ccc(N)cc4)ccc3O2)Oc2ccc(Oc3ccc(N)cc3)cc21. The van der Waals surface area contributed by atoms with E-state index in [9.17, 15) is 0 Å². The monoisotopic (exact) mass is 522 g/mol. The topological polar surface area (TPSA) is 89.0 Å². The molecule has 0 aliphatic carbocycles. The number of hydrogen-bond acceptors (Lipinski definition) is 6. The van der Waals surface area contributed by atoms with Crippen LogP contribution in [0.15, 0.2) is 84.9 Å². The number of fused-ring (bicyclic) bond motifs is 2. The molecule has 1 spiro atoms. The van der Waals surface area contributed by atoms with E-state index in [4.69, 9.17) is 30.4 Å². The smallest absolute Gasteiger partial charge is 0.252 e. The lowest BCUT2D eigenvalue weighted by Crippen LogP contribution is -2.55. The van der Waals surface area contributed by atoms with Crippen molar-refractivity contribution in [2.45, 2.75) is 57.2 Å². The molecular weight excluding hydrogens is 488 g/mol. The summed E-state index contributed by atoms with van der Waals surface area (Å²) in [5, 5.41) is 0. The highest BCUT2D eigenvalue weighted by atomic mass is 16.7. The Labute approximate surface area is 229 Å². The average Bonchev–Trinajstić information content (AvgIpc) is 2.87. The van der Waals surface area contributed by atoms with Gasteiger partial charge >= 0.3 is 0 Å². The van der Waals surface area contributed by atoms with Gasteiger partial charge in [0.15, 0.2) is 0 Å². The fraction of sp³-hybridized carbons (Fsp3) is 0.273. The Morgan fingerprint density at radius 1 is 0.538 bits per heavy atom. The second-order valence-corrected chi connectivity index (χ2v) is 11.9. The number of nitrogen functional groups attached to an aromatic ring is 2. The number of hydrogen-bond donors (Lipinski definition) is 2. The van der Waals surface area contributed by atoms with Crippen LogP contribution in [0.2, 0.25) is 0 Å².